The van der Waals surface area contributed by atoms with Crippen LogP contribution in [-0.4, -0.2) is 15.0 Å². The van der Waals surface area contributed by atoms with Crippen LogP contribution in [0.5, 0.6) is 0 Å². The van der Waals surface area contributed by atoms with Gasteiger partial charge >= 0.3 is 0 Å². The summed E-state index contributed by atoms with van der Waals surface area (Å²) in [6.07, 6.45) is 1.42. The van der Waals surface area contributed by atoms with E-state index in [4.69, 9.17) is 11.6 Å². The fourth-order valence-electron chi connectivity index (χ4n) is 1.72. The highest BCUT2D eigenvalue weighted by Crippen LogP contribution is 2.28. The van der Waals surface area contributed by atoms with Crippen LogP contribution in [0.3, 0.4) is 0 Å². The molecule has 1 N–H and O–H groups in total. The molecule has 0 fully saturated rings. The van der Waals surface area contributed by atoms with Gasteiger partial charge in [-0.05, 0) is 42.4 Å². The number of hydrogen-bond donors (Lipinski definition) is 1. The molecule has 3 rings (SSSR count). The number of benzene rings is 1. The third kappa shape index (κ3) is 2.57. The Morgan fingerprint density at radius 3 is 2.95 bits per heavy atom. The summed E-state index contributed by atoms with van der Waals surface area (Å²) < 4.78 is 13.6. The zero-order valence-electron chi connectivity index (χ0n) is 9.95. The summed E-state index contributed by atoms with van der Waals surface area (Å²) in [4.78, 5) is 11.5. The average molecular weight is 294 g/mol. The van der Waals surface area contributed by atoms with Crippen molar-refractivity contribution in [3.63, 3.8) is 0 Å². The van der Waals surface area contributed by atoms with Gasteiger partial charge in [0.1, 0.15) is 5.03 Å². The largest absolute Gasteiger partial charge is 0.333 e. The molecule has 0 spiro atoms. The summed E-state index contributed by atoms with van der Waals surface area (Å²) in [5, 5.41) is 1.14. The Morgan fingerprint density at radius 1 is 1.32 bits per heavy atom. The first-order valence-electron chi connectivity index (χ1n) is 5.57. The van der Waals surface area contributed by atoms with Gasteiger partial charge in [-0.3, -0.25) is 0 Å². The van der Waals surface area contributed by atoms with E-state index < -0.39 is 5.82 Å². The third-order valence-electron chi connectivity index (χ3n) is 2.58. The molecule has 3 nitrogen and oxygen atoms in total. The fourth-order valence-corrected chi connectivity index (χ4v) is 2.61. The number of hydrogen-bond acceptors (Lipinski definition) is 3. The van der Waals surface area contributed by atoms with E-state index >= 15 is 0 Å². The molecule has 0 atom stereocenters. The molecule has 0 radical (unpaired) electrons. The summed E-state index contributed by atoms with van der Waals surface area (Å²) in [7, 11) is 0. The van der Waals surface area contributed by atoms with Crippen LogP contribution in [-0.2, 0) is 0 Å². The number of imidazole rings is 1. The first-order valence-corrected chi connectivity index (χ1v) is 6.76. The molecular formula is C13H9ClFN3S. The van der Waals surface area contributed by atoms with Crippen LogP contribution < -0.4 is 0 Å². The van der Waals surface area contributed by atoms with Crippen molar-refractivity contribution in [3.8, 4) is 0 Å². The molecule has 0 bridgehead atoms. The lowest BCUT2D eigenvalue weighted by Gasteiger charge is -1.98. The van der Waals surface area contributed by atoms with Gasteiger partial charge in [-0.1, -0.05) is 17.7 Å². The van der Waals surface area contributed by atoms with Gasteiger partial charge in [-0.15, -0.1) is 0 Å². The monoisotopic (exact) mass is 293 g/mol. The van der Waals surface area contributed by atoms with Crippen LogP contribution in [0.1, 0.15) is 5.56 Å². The molecule has 96 valence electrons. The molecule has 1 aromatic carbocycles. The third-order valence-corrected chi connectivity index (χ3v) is 3.67. The Hall–Kier alpha value is -1.59. The minimum atomic E-state index is -0.450. The van der Waals surface area contributed by atoms with Crippen molar-refractivity contribution in [2.75, 3.05) is 0 Å². The van der Waals surface area contributed by atoms with E-state index in [1.54, 1.807) is 0 Å². The Labute approximate surface area is 118 Å². The second-order valence-corrected chi connectivity index (χ2v) is 5.52. The Kier molecular flexibility index (Phi) is 3.16. The zero-order valence-corrected chi connectivity index (χ0v) is 11.5. The van der Waals surface area contributed by atoms with E-state index in [9.17, 15) is 4.39 Å². The Morgan fingerprint density at radius 2 is 2.16 bits per heavy atom. The zero-order chi connectivity index (χ0) is 13.4. The summed E-state index contributed by atoms with van der Waals surface area (Å²) in [5.41, 5.74) is 2.92. The van der Waals surface area contributed by atoms with Gasteiger partial charge in [-0.25, -0.2) is 14.4 Å². The second kappa shape index (κ2) is 4.83. The summed E-state index contributed by atoms with van der Waals surface area (Å²) in [5.74, 6) is -0.450. The first-order chi connectivity index (χ1) is 9.11. The maximum Gasteiger partial charge on any atom is 0.172 e. The smallest absolute Gasteiger partial charge is 0.172 e. The average Bonchev–Trinajstić information content (AvgIpc) is 2.74. The molecular weight excluding hydrogens is 285 g/mol. The van der Waals surface area contributed by atoms with Gasteiger partial charge in [0.15, 0.2) is 11.0 Å². The molecule has 19 heavy (non-hydrogen) atoms. The minimum absolute atomic E-state index is 0.250. The lowest BCUT2D eigenvalue weighted by atomic mass is 10.2. The summed E-state index contributed by atoms with van der Waals surface area (Å²) in [6, 6.07) is 7.15. The lowest BCUT2D eigenvalue weighted by molar-refractivity contribution is 0.587. The van der Waals surface area contributed by atoms with E-state index in [1.807, 2.05) is 25.1 Å². The van der Waals surface area contributed by atoms with Crippen LogP contribution in [0.4, 0.5) is 4.39 Å². The highest BCUT2D eigenvalue weighted by atomic mass is 35.5. The fraction of sp³-hybridized carbons (Fsp3) is 0.0769. The quantitative estimate of drug-likeness (QED) is 0.769. The molecule has 0 amide bonds. The number of rotatable bonds is 2. The summed E-state index contributed by atoms with van der Waals surface area (Å²) >= 11 is 6.81. The topological polar surface area (TPSA) is 41.6 Å². The molecule has 0 saturated heterocycles. The van der Waals surface area contributed by atoms with E-state index in [0.717, 1.165) is 28.4 Å². The minimum Gasteiger partial charge on any atom is -0.333 e. The van der Waals surface area contributed by atoms with Crippen LogP contribution >= 0.6 is 23.4 Å². The number of fused-ring (bicyclic) bond motifs is 1. The highest BCUT2D eigenvalue weighted by molar-refractivity contribution is 7.99. The van der Waals surface area contributed by atoms with Crippen molar-refractivity contribution in [2.24, 2.45) is 0 Å². The van der Waals surface area contributed by atoms with Crippen molar-refractivity contribution >= 4 is 34.4 Å². The molecule has 0 aliphatic carbocycles. The molecule has 2 heterocycles. The standard InChI is InChI=1S/C13H9ClFN3S/c1-7-2-3-10-11(4-7)18-13(17-10)19-12-9(15)5-8(14)6-16-12/h2-6H,1H3,(H,17,18). The van der Waals surface area contributed by atoms with E-state index in [2.05, 4.69) is 15.0 Å². The van der Waals surface area contributed by atoms with Crippen LogP contribution in [0, 0.1) is 12.7 Å². The predicted octanol–water partition coefficient (Wildman–Crippen LogP) is 4.21. The summed E-state index contributed by atoms with van der Waals surface area (Å²) in [6.45, 7) is 2.01. The molecule has 0 unspecified atom stereocenters. The number of H-pyrrole nitrogens is 1. The van der Waals surface area contributed by atoms with Gasteiger partial charge in [0, 0.05) is 6.20 Å². The van der Waals surface area contributed by atoms with Crippen molar-refractivity contribution in [1.29, 1.82) is 0 Å². The van der Waals surface area contributed by atoms with Crippen LogP contribution in [0.15, 0.2) is 40.6 Å². The Bertz CT molecular complexity index is 757. The normalized spacial score (nSPS) is 11.1. The molecule has 0 aliphatic rings. The number of aryl methyl sites for hydroxylation is 1. The van der Waals surface area contributed by atoms with Gasteiger partial charge < -0.3 is 4.98 Å². The first kappa shape index (κ1) is 12.4. The number of aromatic amines is 1. The number of aromatic nitrogens is 3. The highest BCUT2D eigenvalue weighted by Gasteiger charge is 2.10. The van der Waals surface area contributed by atoms with E-state index in [-0.39, 0.29) is 10.0 Å². The SMILES string of the molecule is Cc1ccc2nc(Sc3ncc(Cl)cc3F)[nH]c2c1. The van der Waals surface area contributed by atoms with E-state index in [1.165, 1.54) is 12.3 Å². The van der Waals surface area contributed by atoms with Gasteiger partial charge in [0.25, 0.3) is 0 Å². The van der Waals surface area contributed by atoms with Gasteiger partial charge in [0.05, 0.1) is 16.1 Å². The van der Waals surface area contributed by atoms with E-state index in [0.29, 0.717) is 5.16 Å². The second-order valence-electron chi connectivity index (χ2n) is 4.11. The molecule has 3 aromatic rings. The molecule has 0 saturated carbocycles. The number of halogens is 2. The van der Waals surface area contributed by atoms with Gasteiger partial charge in [-0.2, -0.15) is 0 Å². The number of pyridine rings is 1. The Balaban J connectivity index is 1.96. The van der Waals surface area contributed by atoms with Crippen molar-refractivity contribution in [2.45, 2.75) is 17.1 Å². The number of nitrogens with zero attached hydrogens (tertiary/aromatic N) is 2. The van der Waals surface area contributed by atoms with Crippen LogP contribution in [0.2, 0.25) is 5.02 Å². The molecule has 2 aromatic heterocycles. The lowest BCUT2D eigenvalue weighted by Crippen LogP contribution is -1.87. The van der Waals surface area contributed by atoms with Crippen LogP contribution in [0.25, 0.3) is 11.0 Å². The molecule has 0 aliphatic heterocycles. The maximum atomic E-state index is 13.6. The number of nitrogens with one attached hydrogen (secondary N) is 1. The molecule has 6 heteroatoms. The van der Waals surface area contributed by atoms with Crippen molar-refractivity contribution in [1.82, 2.24) is 15.0 Å². The van der Waals surface area contributed by atoms with Gasteiger partial charge in [0.2, 0.25) is 0 Å². The predicted molar refractivity (Wildman–Crippen MR) is 74.2 cm³/mol. The van der Waals surface area contributed by atoms with Crippen molar-refractivity contribution in [3.05, 3.63) is 46.9 Å². The van der Waals surface area contributed by atoms with Crippen molar-refractivity contribution < 1.29 is 4.39 Å². The maximum absolute atomic E-state index is 13.6.